The monoisotopic (exact) mass is 541 g/mol. The first kappa shape index (κ1) is 26.6. The van der Waals surface area contributed by atoms with Gasteiger partial charge in [0.05, 0.1) is 16.7 Å². The number of aliphatic imine (C=N–C) groups is 1. The van der Waals surface area contributed by atoms with Gasteiger partial charge in [0.2, 0.25) is 0 Å². The Labute approximate surface area is 231 Å². The number of nitrogens with one attached hydrogen (secondary N) is 1. The largest absolute Gasteiger partial charge is 0.455 e. The smallest absolute Gasteiger partial charge is 0.273 e. The molecule has 200 valence electrons. The van der Waals surface area contributed by atoms with Crippen LogP contribution in [0.15, 0.2) is 70.1 Å². The van der Waals surface area contributed by atoms with E-state index in [1.54, 1.807) is 48.7 Å². The van der Waals surface area contributed by atoms with E-state index in [2.05, 4.69) is 26.1 Å². The van der Waals surface area contributed by atoms with Crippen LogP contribution in [0.5, 0.6) is 0 Å². The first-order valence-corrected chi connectivity index (χ1v) is 13.8. The van der Waals surface area contributed by atoms with Gasteiger partial charge >= 0.3 is 0 Å². The maximum Gasteiger partial charge on any atom is 0.273 e. The van der Waals surface area contributed by atoms with E-state index in [0.717, 1.165) is 30.5 Å². The van der Waals surface area contributed by atoms with Crippen molar-refractivity contribution in [3.05, 3.63) is 98.1 Å². The van der Waals surface area contributed by atoms with E-state index in [1.807, 2.05) is 30.3 Å². The van der Waals surface area contributed by atoms with Crippen LogP contribution < -0.4 is 5.32 Å². The van der Waals surface area contributed by atoms with Crippen molar-refractivity contribution in [2.45, 2.75) is 47.0 Å². The summed E-state index contributed by atoms with van der Waals surface area (Å²) in [6.45, 7) is 8.53. The summed E-state index contributed by atoms with van der Waals surface area (Å²) in [5.74, 6) is 1.39. The number of carbonyl (C=O) groups excluding carboxylic acids is 1. The SMILES string of the molecule is Cc1ccc(-c2ccc(C=Nc3sc4c(c3C(=O)Nc3ccccc3)CC[C@H](C(C)(C)C)C4)o2)cc1[N+](=O)[O-]. The number of benzene rings is 2. The molecular weight excluding hydrogens is 510 g/mol. The van der Waals surface area contributed by atoms with Crippen molar-refractivity contribution in [3.8, 4) is 11.3 Å². The lowest BCUT2D eigenvalue weighted by Crippen LogP contribution is -2.27. The Hall–Kier alpha value is -4.04. The van der Waals surface area contributed by atoms with Crippen LogP contribution in [0.4, 0.5) is 16.4 Å². The van der Waals surface area contributed by atoms with Gasteiger partial charge in [0.15, 0.2) is 0 Å². The molecule has 1 aliphatic carbocycles. The number of amides is 1. The van der Waals surface area contributed by atoms with Crippen LogP contribution in [0.1, 0.15) is 59.3 Å². The number of nitro groups is 1. The van der Waals surface area contributed by atoms with Gasteiger partial charge in [-0.15, -0.1) is 11.3 Å². The number of thiophene rings is 1. The fourth-order valence-corrected chi connectivity index (χ4v) is 6.28. The second-order valence-corrected chi connectivity index (χ2v) is 12.1. The summed E-state index contributed by atoms with van der Waals surface area (Å²) >= 11 is 1.57. The second-order valence-electron chi connectivity index (χ2n) is 11.0. The number of carbonyl (C=O) groups is 1. The summed E-state index contributed by atoms with van der Waals surface area (Å²) in [6.07, 6.45) is 4.43. The van der Waals surface area contributed by atoms with Gasteiger partial charge in [-0.2, -0.15) is 0 Å². The first-order chi connectivity index (χ1) is 18.6. The number of rotatable bonds is 6. The lowest BCUT2D eigenvalue weighted by molar-refractivity contribution is -0.385. The average molecular weight is 542 g/mol. The highest BCUT2D eigenvalue weighted by molar-refractivity contribution is 7.16. The molecule has 8 heteroatoms. The average Bonchev–Trinajstić information content (AvgIpc) is 3.52. The van der Waals surface area contributed by atoms with Crippen molar-refractivity contribution in [1.29, 1.82) is 0 Å². The van der Waals surface area contributed by atoms with Crippen molar-refractivity contribution >= 4 is 39.8 Å². The van der Waals surface area contributed by atoms with Crippen LogP contribution in [0.3, 0.4) is 0 Å². The molecule has 2 aromatic carbocycles. The minimum absolute atomic E-state index is 0.0471. The molecule has 0 fully saturated rings. The third-order valence-corrected chi connectivity index (χ3v) is 8.52. The van der Waals surface area contributed by atoms with Crippen LogP contribution in [0, 0.1) is 28.4 Å². The molecular formula is C31H31N3O4S. The quantitative estimate of drug-likeness (QED) is 0.151. The maximum atomic E-state index is 13.5. The Morgan fingerprint density at radius 3 is 2.64 bits per heavy atom. The molecule has 4 aromatic rings. The molecule has 1 amide bonds. The van der Waals surface area contributed by atoms with E-state index >= 15 is 0 Å². The Kier molecular flexibility index (Phi) is 7.23. The summed E-state index contributed by atoms with van der Waals surface area (Å²) in [5.41, 5.74) is 3.90. The summed E-state index contributed by atoms with van der Waals surface area (Å²) in [7, 11) is 0. The van der Waals surface area contributed by atoms with E-state index in [4.69, 9.17) is 9.41 Å². The van der Waals surface area contributed by atoms with Gasteiger partial charge in [-0.1, -0.05) is 51.1 Å². The predicted octanol–water partition coefficient (Wildman–Crippen LogP) is 8.38. The van der Waals surface area contributed by atoms with Gasteiger partial charge in [-0.25, -0.2) is 4.99 Å². The normalized spacial score (nSPS) is 15.3. The topological polar surface area (TPSA) is 97.7 Å². The molecule has 0 spiro atoms. The first-order valence-electron chi connectivity index (χ1n) is 13.0. The van der Waals surface area contributed by atoms with Gasteiger partial charge < -0.3 is 9.73 Å². The van der Waals surface area contributed by atoms with E-state index in [9.17, 15) is 14.9 Å². The number of aryl methyl sites for hydroxylation is 1. The molecule has 5 rings (SSSR count). The molecule has 1 aliphatic rings. The lowest BCUT2D eigenvalue weighted by atomic mass is 9.72. The third kappa shape index (κ3) is 5.71. The fourth-order valence-electron chi connectivity index (χ4n) is 5.01. The Balaban J connectivity index is 1.46. The van der Waals surface area contributed by atoms with Crippen LogP contribution in [-0.2, 0) is 12.8 Å². The Bertz CT molecular complexity index is 1560. The summed E-state index contributed by atoms with van der Waals surface area (Å²) in [4.78, 5) is 30.4. The number of hydrogen-bond acceptors (Lipinski definition) is 6. The standard InChI is InChI=1S/C31H31N3O4S/c1-19-10-11-20(16-25(19)34(36)37)26-15-13-23(38-26)18-32-30-28(29(35)33-22-8-6-5-7-9-22)24-14-12-21(31(2,3)4)17-27(24)39-30/h5-11,13,15-16,18,21H,12,14,17H2,1-4H3,(H,33,35)/t21-/m0/s1. The van der Waals surface area contributed by atoms with Gasteiger partial charge in [-0.05, 0) is 67.3 Å². The van der Waals surface area contributed by atoms with E-state index in [0.29, 0.717) is 39.1 Å². The van der Waals surface area contributed by atoms with E-state index < -0.39 is 4.92 Å². The summed E-state index contributed by atoms with van der Waals surface area (Å²) in [5, 5.41) is 15.0. The molecule has 0 saturated carbocycles. The predicted molar refractivity (Wildman–Crippen MR) is 156 cm³/mol. The highest BCUT2D eigenvalue weighted by Gasteiger charge is 2.33. The van der Waals surface area contributed by atoms with Crippen molar-refractivity contribution in [2.75, 3.05) is 5.32 Å². The maximum absolute atomic E-state index is 13.5. The third-order valence-electron chi connectivity index (χ3n) is 7.36. The number of nitrogens with zero attached hydrogens (tertiary/aromatic N) is 2. The molecule has 0 saturated heterocycles. The molecule has 2 heterocycles. The number of nitro benzene ring substituents is 1. The highest BCUT2D eigenvalue weighted by Crippen LogP contribution is 2.45. The van der Waals surface area contributed by atoms with Crippen molar-refractivity contribution in [2.24, 2.45) is 16.3 Å². The number of anilines is 1. The second kappa shape index (κ2) is 10.6. The number of furan rings is 1. The zero-order valence-electron chi connectivity index (χ0n) is 22.5. The number of hydrogen-bond donors (Lipinski definition) is 1. The highest BCUT2D eigenvalue weighted by atomic mass is 32.1. The van der Waals surface area contributed by atoms with E-state index in [1.165, 1.54) is 10.9 Å². The van der Waals surface area contributed by atoms with Gasteiger partial charge in [0.1, 0.15) is 16.5 Å². The minimum atomic E-state index is -0.394. The molecule has 0 unspecified atom stereocenters. The zero-order valence-corrected chi connectivity index (χ0v) is 23.3. The molecule has 0 radical (unpaired) electrons. The minimum Gasteiger partial charge on any atom is -0.455 e. The van der Waals surface area contributed by atoms with Crippen LogP contribution >= 0.6 is 11.3 Å². The number of fused-ring (bicyclic) bond motifs is 1. The Morgan fingerprint density at radius 2 is 1.92 bits per heavy atom. The summed E-state index contributed by atoms with van der Waals surface area (Å²) < 4.78 is 5.96. The van der Waals surface area contributed by atoms with Crippen LogP contribution in [-0.4, -0.2) is 17.0 Å². The van der Waals surface area contributed by atoms with Crippen molar-refractivity contribution in [3.63, 3.8) is 0 Å². The molecule has 1 N–H and O–H groups in total. The van der Waals surface area contributed by atoms with Crippen molar-refractivity contribution in [1.82, 2.24) is 0 Å². The van der Waals surface area contributed by atoms with Crippen LogP contribution in [0.25, 0.3) is 11.3 Å². The van der Waals surface area contributed by atoms with Crippen LogP contribution in [0.2, 0.25) is 0 Å². The molecule has 1 atom stereocenters. The van der Waals surface area contributed by atoms with E-state index in [-0.39, 0.29) is 17.0 Å². The van der Waals surface area contributed by atoms with Gasteiger partial charge in [0, 0.05) is 27.8 Å². The Morgan fingerprint density at radius 1 is 1.15 bits per heavy atom. The van der Waals surface area contributed by atoms with Gasteiger partial charge in [-0.3, -0.25) is 14.9 Å². The fraction of sp³-hybridized carbons (Fsp3) is 0.290. The molecule has 2 aromatic heterocycles. The summed E-state index contributed by atoms with van der Waals surface area (Å²) in [6, 6.07) is 18.0. The molecule has 0 aliphatic heterocycles. The zero-order chi connectivity index (χ0) is 27.7. The molecule has 0 bridgehead atoms. The van der Waals surface area contributed by atoms with Gasteiger partial charge in [0.25, 0.3) is 11.6 Å². The molecule has 39 heavy (non-hydrogen) atoms. The molecule has 7 nitrogen and oxygen atoms in total. The van der Waals surface area contributed by atoms with Crippen molar-refractivity contribution < 1.29 is 14.1 Å². The number of para-hydroxylation sites is 1. The lowest BCUT2D eigenvalue weighted by Gasteiger charge is -2.33.